The number of aromatic nitrogens is 6. The van der Waals surface area contributed by atoms with E-state index in [0.717, 1.165) is 99.4 Å². The van der Waals surface area contributed by atoms with Crippen molar-refractivity contribution in [2.75, 3.05) is 0 Å². The minimum atomic E-state index is -0.474. The van der Waals surface area contributed by atoms with E-state index in [4.69, 9.17) is 48.0 Å². The normalized spacial score (nSPS) is 13.2. The number of hydrogen-bond acceptors (Lipinski definition) is 10. The molecule has 0 bridgehead atoms. The Hall–Kier alpha value is -11.8. The summed E-state index contributed by atoms with van der Waals surface area (Å²) in [6.45, 7) is 8.25. The van der Waals surface area contributed by atoms with Crippen molar-refractivity contribution in [1.29, 1.82) is 0 Å². The maximum atomic E-state index is 6.44. The molecule has 12 aromatic carbocycles. The summed E-state index contributed by atoms with van der Waals surface area (Å²) in [4.78, 5) is 29.8. The molecule has 11 heteroatoms. The molecule has 0 amide bonds. The average molecular weight is 1250 g/mol. The third-order valence-electron chi connectivity index (χ3n) is 18.1. The molecule has 0 saturated carbocycles. The highest BCUT2D eigenvalue weighted by molar-refractivity contribution is 6.62. The molecule has 16 aromatic rings. The van der Waals surface area contributed by atoms with Gasteiger partial charge in [-0.2, -0.15) is 0 Å². The molecule has 1 aliphatic heterocycles. The van der Waals surface area contributed by atoms with Gasteiger partial charge < -0.3 is 18.1 Å². The van der Waals surface area contributed by atoms with E-state index in [0.29, 0.717) is 34.9 Å². The fraction of sp³-hybridized carbons (Fsp3) is 0.0824. The summed E-state index contributed by atoms with van der Waals surface area (Å²) in [5.41, 5.74) is 18.1. The molecule has 17 rings (SSSR count). The summed E-state index contributed by atoms with van der Waals surface area (Å²) in [5.74, 6) is 3.67. The molecule has 0 radical (unpaired) electrons. The maximum absolute atomic E-state index is 6.44. The lowest BCUT2D eigenvalue weighted by atomic mass is 9.78. The van der Waals surface area contributed by atoms with Crippen molar-refractivity contribution in [3.8, 4) is 113 Å². The second-order valence-electron chi connectivity index (χ2n) is 24.8. The molecular weight excluding hydrogens is 1180 g/mol. The van der Waals surface area contributed by atoms with Crippen LogP contribution in [0, 0.1) is 0 Å². The predicted molar refractivity (Wildman–Crippen MR) is 391 cm³/mol. The molecule has 96 heavy (non-hydrogen) atoms. The van der Waals surface area contributed by atoms with Crippen LogP contribution in [0.15, 0.2) is 306 Å². The fourth-order valence-electron chi connectivity index (χ4n) is 12.5. The topological polar surface area (TPSA) is 122 Å². The molecule has 1 saturated heterocycles. The number of nitrogens with zero attached hydrogens (tertiary/aromatic N) is 6. The SMILES string of the molecule is C.CC1(C)OB(c2ccc3oc4cccc(-c5nc(-c6ccccc6)nc(-c6ccccc6)n5)c4c3c2)OC1(C)C.c1ccc(-c2cc(-c3ccccc3)cc(-c3ccc(-c4ccc5oc6cccc(-c7nc(-c8ccccc8)nc(-c8ccccc8)n7)c6c5c4)cc3)c2)cc1. The summed E-state index contributed by atoms with van der Waals surface area (Å²) in [6, 6.07) is 102. The minimum absolute atomic E-state index is 0. The van der Waals surface area contributed by atoms with Gasteiger partial charge in [-0.1, -0.05) is 256 Å². The van der Waals surface area contributed by atoms with Crippen molar-refractivity contribution in [1.82, 2.24) is 29.9 Å². The van der Waals surface area contributed by atoms with Crippen molar-refractivity contribution < 1.29 is 18.1 Å². The van der Waals surface area contributed by atoms with Gasteiger partial charge in [0.2, 0.25) is 0 Å². The van der Waals surface area contributed by atoms with E-state index in [1.54, 1.807) is 0 Å². The van der Waals surface area contributed by atoms with Crippen LogP contribution in [-0.2, 0) is 9.31 Å². The number of rotatable bonds is 11. The molecule has 1 aliphatic rings. The second kappa shape index (κ2) is 25.3. The Morgan fingerprint density at radius 2 is 0.552 bits per heavy atom. The van der Waals surface area contributed by atoms with E-state index in [1.165, 1.54) is 27.8 Å². The molecule has 10 nitrogen and oxygen atoms in total. The van der Waals surface area contributed by atoms with Crippen LogP contribution in [0.5, 0.6) is 0 Å². The van der Waals surface area contributed by atoms with E-state index < -0.39 is 18.3 Å². The standard InChI is InChI=1S/C51H33N3O.C33H28BN3O3.CH4/c1-5-14-34(15-6-1)41-30-42(35-16-7-2-8-17-35)32-43(31-41)37-26-24-36(25-27-37)40-28-29-46-45(33-40)48-44(22-13-23-47(48)55-46)51-53-49(38-18-9-3-10-19-38)52-50(54-51)39-20-11-4-12-21-39;1-32(2)33(3,4)40-34(39-32)23-18-19-26-25(20-23)28-24(16-11-17-27(28)38-26)31-36-29(21-12-7-5-8-13-21)35-30(37-31)22-14-9-6-10-15-22;/h1-33H;5-20H,1-4H3;1H4. The first-order valence-electron chi connectivity index (χ1n) is 31.9. The van der Waals surface area contributed by atoms with Crippen LogP contribution in [0.3, 0.4) is 0 Å². The highest BCUT2D eigenvalue weighted by Crippen LogP contribution is 2.42. The molecule has 0 unspecified atom stereocenters. The third-order valence-corrected chi connectivity index (χ3v) is 18.1. The molecule has 4 aromatic heterocycles. The maximum Gasteiger partial charge on any atom is 0.494 e. The van der Waals surface area contributed by atoms with Gasteiger partial charge >= 0.3 is 7.12 Å². The Balaban J connectivity index is 0.000000164. The van der Waals surface area contributed by atoms with Gasteiger partial charge in [0.15, 0.2) is 34.9 Å². The highest BCUT2D eigenvalue weighted by Gasteiger charge is 2.51. The molecule has 0 atom stereocenters. The molecule has 1 fully saturated rings. The third kappa shape index (κ3) is 11.7. The van der Waals surface area contributed by atoms with Crippen LogP contribution >= 0.6 is 0 Å². The number of hydrogen-bond donors (Lipinski definition) is 0. The van der Waals surface area contributed by atoms with Crippen molar-refractivity contribution in [3.05, 3.63) is 297 Å². The van der Waals surface area contributed by atoms with Crippen LogP contribution in [-0.4, -0.2) is 48.2 Å². The van der Waals surface area contributed by atoms with E-state index in [-0.39, 0.29) is 7.43 Å². The number of benzene rings is 12. The number of furan rings is 2. The van der Waals surface area contributed by atoms with Crippen molar-refractivity contribution in [3.63, 3.8) is 0 Å². The molecular formula is C85H65BN6O4. The van der Waals surface area contributed by atoms with E-state index >= 15 is 0 Å². The molecule has 462 valence electrons. The summed E-state index contributed by atoms with van der Waals surface area (Å²) in [7, 11) is -0.474. The van der Waals surface area contributed by atoms with Crippen molar-refractivity contribution >= 4 is 56.5 Å². The monoisotopic (exact) mass is 1240 g/mol. The van der Waals surface area contributed by atoms with E-state index in [1.807, 2.05) is 164 Å². The van der Waals surface area contributed by atoms with Gasteiger partial charge in [0.25, 0.3) is 0 Å². The first-order chi connectivity index (χ1) is 46.5. The highest BCUT2D eigenvalue weighted by atomic mass is 16.7. The summed E-state index contributed by atoms with van der Waals surface area (Å²) in [5, 5.41) is 3.89. The summed E-state index contributed by atoms with van der Waals surface area (Å²) in [6.07, 6.45) is 0. The zero-order valence-electron chi connectivity index (χ0n) is 52.7. The van der Waals surface area contributed by atoms with Crippen LogP contribution in [0.1, 0.15) is 35.1 Å². The minimum Gasteiger partial charge on any atom is -0.456 e. The Kier molecular flexibility index (Phi) is 15.9. The Bertz CT molecular complexity index is 5290. The van der Waals surface area contributed by atoms with Gasteiger partial charge in [0, 0.05) is 54.9 Å². The van der Waals surface area contributed by atoms with Crippen LogP contribution in [0.25, 0.3) is 157 Å². The Morgan fingerprint density at radius 3 is 0.927 bits per heavy atom. The average Bonchev–Trinajstić information content (AvgIpc) is 1.58. The summed E-state index contributed by atoms with van der Waals surface area (Å²) >= 11 is 0. The van der Waals surface area contributed by atoms with Crippen LogP contribution in [0.4, 0.5) is 0 Å². The van der Waals surface area contributed by atoms with E-state index in [2.05, 4.69) is 161 Å². The predicted octanol–water partition coefficient (Wildman–Crippen LogP) is 21.1. The lowest BCUT2D eigenvalue weighted by Crippen LogP contribution is -2.41. The van der Waals surface area contributed by atoms with E-state index in [9.17, 15) is 0 Å². The molecule has 0 N–H and O–H groups in total. The molecule has 0 aliphatic carbocycles. The smallest absolute Gasteiger partial charge is 0.456 e. The van der Waals surface area contributed by atoms with Crippen LogP contribution < -0.4 is 5.46 Å². The van der Waals surface area contributed by atoms with Gasteiger partial charge in [0.05, 0.1) is 11.2 Å². The fourth-order valence-corrected chi connectivity index (χ4v) is 12.5. The molecule has 5 heterocycles. The molecule has 0 spiro atoms. The van der Waals surface area contributed by atoms with Gasteiger partial charge in [0.1, 0.15) is 22.3 Å². The van der Waals surface area contributed by atoms with Crippen LogP contribution in [0.2, 0.25) is 0 Å². The quantitative estimate of drug-likeness (QED) is 0.116. The van der Waals surface area contributed by atoms with Gasteiger partial charge in [-0.05, 0) is 126 Å². The lowest BCUT2D eigenvalue weighted by Gasteiger charge is -2.32. The van der Waals surface area contributed by atoms with Crippen molar-refractivity contribution in [2.45, 2.75) is 46.3 Å². The number of fused-ring (bicyclic) bond motifs is 6. The largest absolute Gasteiger partial charge is 0.494 e. The Labute approximate surface area is 557 Å². The van der Waals surface area contributed by atoms with Gasteiger partial charge in [-0.25, -0.2) is 29.9 Å². The lowest BCUT2D eigenvalue weighted by molar-refractivity contribution is 0.00578. The van der Waals surface area contributed by atoms with Gasteiger partial charge in [-0.3, -0.25) is 0 Å². The zero-order valence-corrected chi connectivity index (χ0v) is 52.7. The first kappa shape index (κ1) is 60.5. The zero-order chi connectivity index (χ0) is 64.0. The van der Waals surface area contributed by atoms with Crippen molar-refractivity contribution in [2.24, 2.45) is 0 Å². The Morgan fingerprint density at radius 1 is 0.250 bits per heavy atom. The summed E-state index contributed by atoms with van der Waals surface area (Å²) < 4.78 is 25.4. The van der Waals surface area contributed by atoms with Gasteiger partial charge in [-0.15, -0.1) is 0 Å². The first-order valence-corrected chi connectivity index (χ1v) is 31.9. The second-order valence-corrected chi connectivity index (χ2v) is 24.8.